The standard InChI is InChI=1S/C13H10F2O/c1-9-6-11(15)8-13(7-9)16-12-4-2-10(14)3-5-12/h2-8H,1H3. The summed E-state index contributed by atoms with van der Waals surface area (Å²) in [6.07, 6.45) is 0. The maximum Gasteiger partial charge on any atom is 0.130 e. The number of hydrogen-bond acceptors (Lipinski definition) is 1. The quantitative estimate of drug-likeness (QED) is 0.741. The predicted molar refractivity (Wildman–Crippen MR) is 57.6 cm³/mol. The van der Waals surface area contributed by atoms with Gasteiger partial charge < -0.3 is 4.74 Å². The van der Waals surface area contributed by atoms with Crippen LogP contribution in [0.3, 0.4) is 0 Å². The van der Waals surface area contributed by atoms with Crippen LogP contribution in [-0.2, 0) is 0 Å². The molecule has 0 bridgehead atoms. The van der Waals surface area contributed by atoms with Gasteiger partial charge in [-0.1, -0.05) is 0 Å². The lowest BCUT2D eigenvalue weighted by atomic mass is 10.2. The van der Waals surface area contributed by atoms with Gasteiger partial charge in [-0.3, -0.25) is 0 Å². The van der Waals surface area contributed by atoms with Gasteiger partial charge in [0, 0.05) is 6.07 Å². The molecule has 0 atom stereocenters. The monoisotopic (exact) mass is 220 g/mol. The number of hydrogen-bond donors (Lipinski definition) is 0. The topological polar surface area (TPSA) is 9.23 Å². The molecule has 2 aromatic carbocycles. The van der Waals surface area contributed by atoms with Gasteiger partial charge in [0.25, 0.3) is 0 Å². The molecule has 0 amide bonds. The van der Waals surface area contributed by atoms with Gasteiger partial charge in [-0.2, -0.15) is 0 Å². The van der Waals surface area contributed by atoms with Gasteiger partial charge in [-0.25, -0.2) is 8.78 Å². The molecule has 0 aliphatic rings. The Balaban J connectivity index is 2.23. The number of halogens is 2. The van der Waals surface area contributed by atoms with Crippen LogP contribution in [0.25, 0.3) is 0 Å². The van der Waals surface area contributed by atoms with Crippen molar-refractivity contribution in [1.29, 1.82) is 0 Å². The van der Waals surface area contributed by atoms with Gasteiger partial charge in [-0.15, -0.1) is 0 Å². The van der Waals surface area contributed by atoms with Gasteiger partial charge in [0.15, 0.2) is 0 Å². The third kappa shape index (κ3) is 2.57. The first-order valence-corrected chi connectivity index (χ1v) is 4.84. The van der Waals surface area contributed by atoms with Gasteiger partial charge in [0.2, 0.25) is 0 Å². The molecule has 0 radical (unpaired) electrons. The molecular weight excluding hydrogens is 210 g/mol. The molecule has 0 unspecified atom stereocenters. The van der Waals surface area contributed by atoms with Crippen LogP contribution in [0.15, 0.2) is 42.5 Å². The van der Waals surface area contributed by atoms with Gasteiger partial charge in [0.1, 0.15) is 23.1 Å². The van der Waals surface area contributed by atoms with E-state index >= 15 is 0 Å². The smallest absolute Gasteiger partial charge is 0.130 e. The summed E-state index contributed by atoms with van der Waals surface area (Å²) >= 11 is 0. The SMILES string of the molecule is Cc1cc(F)cc(Oc2ccc(F)cc2)c1. The molecule has 0 heterocycles. The van der Waals surface area contributed by atoms with E-state index in [9.17, 15) is 8.78 Å². The van der Waals surface area contributed by atoms with Crippen LogP contribution in [0.2, 0.25) is 0 Å². The summed E-state index contributed by atoms with van der Waals surface area (Å²) in [7, 11) is 0. The summed E-state index contributed by atoms with van der Waals surface area (Å²) in [4.78, 5) is 0. The minimum absolute atomic E-state index is 0.331. The van der Waals surface area contributed by atoms with E-state index in [0.717, 1.165) is 5.56 Å². The summed E-state index contributed by atoms with van der Waals surface area (Å²) < 4.78 is 31.1. The number of ether oxygens (including phenoxy) is 1. The second kappa shape index (κ2) is 4.31. The van der Waals surface area contributed by atoms with E-state index in [1.165, 1.54) is 36.4 Å². The van der Waals surface area contributed by atoms with Crippen molar-refractivity contribution < 1.29 is 13.5 Å². The number of rotatable bonds is 2. The van der Waals surface area contributed by atoms with Gasteiger partial charge >= 0.3 is 0 Å². The first-order valence-electron chi connectivity index (χ1n) is 4.84. The molecule has 0 aromatic heterocycles. The van der Waals surface area contributed by atoms with E-state index in [4.69, 9.17) is 4.74 Å². The Morgan fingerprint density at radius 2 is 1.50 bits per heavy atom. The molecule has 0 aliphatic carbocycles. The Labute approximate surface area is 92.3 Å². The fourth-order valence-corrected chi connectivity index (χ4v) is 1.40. The van der Waals surface area contributed by atoms with E-state index in [1.807, 2.05) is 0 Å². The van der Waals surface area contributed by atoms with Gasteiger partial charge in [-0.05, 0) is 48.9 Å². The fraction of sp³-hybridized carbons (Fsp3) is 0.0769. The summed E-state index contributed by atoms with van der Waals surface area (Å²) in [5, 5.41) is 0. The van der Waals surface area contributed by atoms with Crippen molar-refractivity contribution in [2.45, 2.75) is 6.92 Å². The van der Waals surface area contributed by atoms with Crippen molar-refractivity contribution in [3.63, 3.8) is 0 Å². The normalized spacial score (nSPS) is 10.2. The molecule has 0 saturated heterocycles. The minimum Gasteiger partial charge on any atom is -0.457 e. The summed E-state index contributed by atoms with van der Waals surface area (Å²) in [5.74, 6) is 0.204. The first-order chi connectivity index (χ1) is 7.63. The highest BCUT2D eigenvalue weighted by Crippen LogP contribution is 2.23. The third-order valence-corrected chi connectivity index (χ3v) is 2.06. The lowest BCUT2D eigenvalue weighted by Gasteiger charge is -2.06. The molecule has 2 rings (SSSR count). The highest BCUT2D eigenvalue weighted by Gasteiger charge is 2.01. The average Bonchev–Trinajstić information content (AvgIpc) is 2.20. The van der Waals surface area contributed by atoms with Crippen LogP contribution in [0.5, 0.6) is 11.5 Å². The molecular formula is C13H10F2O. The van der Waals surface area contributed by atoms with E-state index in [-0.39, 0.29) is 11.6 Å². The molecule has 3 heteroatoms. The highest BCUT2D eigenvalue weighted by atomic mass is 19.1. The van der Waals surface area contributed by atoms with Crippen molar-refractivity contribution in [3.05, 3.63) is 59.7 Å². The Hall–Kier alpha value is -1.90. The van der Waals surface area contributed by atoms with E-state index < -0.39 is 0 Å². The number of benzene rings is 2. The minimum atomic E-state index is -0.350. The molecule has 0 fully saturated rings. The number of aryl methyl sites for hydroxylation is 1. The predicted octanol–water partition coefficient (Wildman–Crippen LogP) is 4.07. The van der Waals surface area contributed by atoms with Crippen molar-refractivity contribution >= 4 is 0 Å². The highest BCUT2D eigenvalue weighted by molar-refractivity contribution is 5.34. The maximum atomic E-state index is 13.1. The zero-order chi connectivity index (χ0) is 11.5. The van der Waals surface area contributed by atoms with E-state index in [1.54, 1.807) is 13.0 Å². The van der Waals surface area contributed by atoms with E-state index in [2.05, 4.69) is 0 Å². The first kappa shape index (κ1) is 10.6. The van der Waals surface area contributed by atoms with Crippen LogP contribution < -0.4 is 4.74 Å². The largest absolute Gasteiger partial charge is 0.457 e. The Morgan fingerprint density at radius 3 is 2.12 bits per heavy atom. The molecule has 0 aliphatic heterocycles. The van der Waals surface area contributed by atoms with Crippen LogP contribution >= 0.6 is 0 Å². The summed E-state index contributed by atoms with van der Waals surface area (Å²) in [6, 6.07) is 9.99. The van der Waals surface area contributed by atoms with Crippen LogP contribution in [-0.4, -0.2) is 0 Å². The van der Waals surface area contributed by atoms with Crippen molar-refractivity contribution in [2.24, 2.45) is 0 Å². The van der Waals surface area contributed by atoms with Crippen molar-refractivity contribution in [2.75, 3.05) is 0 Å². The van der Waals surface area contributed by atoms with Crippen LogP contribution in [0.4, 0.5) is 8.78 Å². The average molecular weight is 220 g/mol. The molecule has 0 N–H and O–H groups in total. The zero-order valence-corrected chi connectivity index (χ0v) is 8.71. The van der Waals surface area contributed by atoms with Crippen LogP contribution in [0, 0.1) is 18.6 Å². The van der Waals surface area contributed by atoms with Gasteiger partial charge in [0.05, 0.1) is 0 Å². The molecule has 2 aromatic rings. The Kier molecular flexibility index (Phi) is 2.86. The van der Waals surface area contributed by atoms with Crippen molar-refractivity contribution in [1.82, 2.24) is 0 Å². The summed E-state index contributed by atoms with van der Waals surface area (Å²) in [5.41, 5.74) is 0.775. The lowest BCUT2D eigenvalue weighted by Crippen LogP contribution is -1.87. The molecule has 16 heavy (non-hydrogen) atoms. The summed E-state index contributed by atoms with van der Waals surface area (Å²) in [6.45, 7) is 1.78. The lowest BCUT2D eigenvalue weighted by molar-refractivity contribution is 0.474. The second-order valence-electron chi connectivity index (χ2n) is 3.52. The van der Waals surface area contributed by atoms with Crippen molar-refractivity contribution in [3.8, 4) is 11.5 Å². The Morgan fingerprint density at radius 1 is 0.812 bits per heavy atom. The molecule has 0 spiro atoms. The zero-order valence-electron chi connectivity index (χ0n) is 8.71. The van der Waals surface area contributed by atoms with E-state index in [0.29, 0.717) is 11.5 Å². The van der Waals surface area contributed by atoms with Crippen LogP contribution in [0.1, 0.15) is 5.56 Å². The fourth-order valence-electron chi connectivity index (χ4n) is 1.40. The molecule has 0 saturated carbocycles. The molecule has 1 nitrogen and oxygen atoms in total. The molecule has 82 valence electrons. The maximum absolute atomic E-state index is 13.1. The second-order valence-corrected chi connectivity index (χ2v) is 3.52. The third-order valence-electron chi connectivity index (χ3n) is 2.06. The Bertz CT molecular complexity index is 472.